The largest absolute Gasteiger partial charge is 1.00 e. The summed E-state index contributed by atoms with van der Waals surface area (Å²) in [6.07, 6.45) is 0. The average Bonchev–Trinajstić information content (AvgIpc) is 1.85. The SMILES string of the molecule is C[N+](C)(C)Cc1ccccc1.[Cl-]. The minimum Gasteiger partial charge on any atom is -1.00 e. The van der Waals surface area contributed by atoms with Crippen molar-refractivity contribution in [2.24, 2.45) is 0 Å². The first-order valence-corrected chi connectivity index (χ1v) is 3.92. The lowest BCUT2D eigenvalue weighted by Crippen LogP contribution is -3.00. The van der Waals surface area contributed by atoms with E-state index < -0.39 is 0 Å². The minimum absolute atomic E-state index is 0. The first-order valence-electron chi connectivity index (χ1n) is 3.92. The molecule has 68 valence electrons. The lowest BCUT2D eigenvalue weighted by Gasteiger charge is -2.23. The van der Waals surface area contributed by atoms with Crippen molar-refractivity contribution < 1.29 is 16.9 Å². The van der Waals surface area contributed by atoms with Crippen LogP contribution in [0.1, 0.15) is 5.56 Å². The van der Waals surface area contributed by atoms with Gasteiger partial charge in [-0.1, -0.05) is 30.3 Å². The zero-order chi connectivity index (χ0) is 8.32. The molecule has 0 atom stereocenters. The Morgan fingerprint density at radius 1 is 1.00 bits per heavy atom. The number of hydrogen-bond donors (Lipinski definition) is 0. The molecule has 0 saturated heterocycles. The van der Waals surface area contributed by atoms with Crippen molar-refractivity contribution in [1.82, 2.24) is 0 Å². The van der Waals surface area contributed by atoms with E-state index in [4.69, 9.17) is 0 Å². The lowest BCUT2D eigenvalue weighted by atomic mass is 10.2. The second-order valence-electron chi connectivity index (χ2n) is 3.93. The van der Waals surface area contributed by atoms with Crippen molar-refractivity contribution in [2.75, 3.05) is 21.1 Å². The van der Waals surface area contributed by atoms with Crippen molar-refractivity contribution in [3.05, 3.63) is 35.9 Å². The van der Waals surface area contributed by atoms with Gasteiger partial charge in [-0.3, -0.25) is 0 Å². The molecule has 0 amide bonds. The Labute approximate surface area is 81.0 Å². The molecule has 0 fully saturated rings. The molecule has 1 aromatic rings. The summed E-state index contributed by atoms with van der Waals surface area (Å²) in [6, 6.07) is 10.6. The van der Waals surface area contributed by atoms with E-state index in [1.54, 1.807) is 0 Å². The number of rotatable bonds is 2. The molecule has 2 heteroatoms. The van der Waals surface area contributed by atoms with Crippen molar-refractivity contribution in [2.45, 2.75) is 6.54 Å². The third kappa shape index (κ3) is 4.37. The first-order chi connectivity index (χ1) is 5.08. The zero-order valence-corrected chi connectivity index (χ0v) is 8.67. The van der Waals surface area contributed by atoms with Crippen LogP contribution in [-0.4, -0.2) is 25.6 Å². The van der Waals surface area contributed by atoms with Gasteiger partial charge in [0.2, 0.25) is 0 Å². The summed E-state index contributed by atoms with van der Waals surface area (Å²) in [6.45, 7) is 1.10. The summed E-state index contributed by atoms with van der Waals surface area (Å²) in [5, 5.41) is 0. The van der Waals surface area contributed by atoms with Gasteiger partial charge < -0.3 is 16.9 Å². The number of quaternary nitrogens is 1. The van der Waals surface area contributed by atoms with E-state index in [2.05, 4.69) is 51.5 Å². The third-order valence-corrected chi connectivity index (χ3v) is 1.50. The number of benzene rings is 1. The van der Waals surface area contributed by atoms with E-state index in [-0.39, 0.29) is 12.4 Å². The van der Waals surface area contributed by atoms with E-state index in [1.165, 1.54) is 5.56 Å². The van der Waals surface area contributed by atoms with Crippen molar-refractivity contribution in [3.8, 4) is 0 Å². The molecule has 0 aliphatic rings. The van der Waals surface area contributed by atoms with Gasteiger partial charge in [0.25, 0.3) is 0 Å². The molecule has 1 aromatic carbocycles. The molecule has 0 aliphatic carbocycles. The topological polar surface area (TPSA) is 0 Å². The third-order valence-electron chi connectivity index (χ3n) is 1.50. The molecule has 12 heavy (non-hydrogen) atoms. The van der Waals surface area contributed by atoms with Crippen LogP contribution in [0.4, 0.5) is 0 Å². The van der Waals surface area contributed by atoms with Gasteiger partial charge in [-0.05, 0) is 0 Å². The number of halogens is 1. The van der Waals surface area contributed by atoms with Crippen LogP contribution in [0, 0.1) is 0 Å². The molecule has 0 aliphatic heterocycles. The zero-order valence-electron chi connectivity index (χ0n) is 7.92. The van der Waals surface area contributed by atoms with E-state index in [0.717, 1.165) is 11.0 Å². The van der Waals surface area contributed by atoms with E-state index in [1.807, 2.05) is 0 Å². The second-order valence-corrected chi connectivity index (χ2v) is 3.93. The molecular weight excluding hydrogens is 170 g/mol. The Bertz CT molecular complexity index is 213. The van der Waals surface area contributed by atoms with E-state index in [0.29, 0.717) is 0 Å². The molecule has 0 heterocycles. The van der Waals surface area contributed by atoms with Crippen LogP contribution < -0.4 is 12.4 Å². The molecule has 1 rings (SSSR count). The number of nitrogens with zero attached hydrogens (tertiary/aromatic N) is 1. The fourth-order valence-electron chi connectivity index (χ4n) is 1.13. The highest BCUT2D eigenvalue weighted by Gasteiger charge is 2.06. The van der Waals surface area contributed by atoms with E-state index in [9.17, 15) is 0 Å². The van der Waals surface area contributed by atoms with Crippen LogP contribution in [-0.2, 0) is 6.54 Å². The van der Waals surface area contributed by atoms with Crippen molar-refractivity contribution >= 4 is 0 Å². The fraction of sp³-hybridized carbons (Fsp3) is 0.400. The number of hydrogen-bond acceptors (Lipinski definition) is 0. The van der Waals surface area contributed by atoms with Gasteiger partial charge in [-0.15, -0.1) is 0 Å². The van der Waals surface area contributed by atoms with Gasteiger partial charge in [0.05, 0.1) is 21.1 Å². The Morgan fingerprint density at radius 2 is 1.50 bits per heavy atom. The van der Waals surface area contributed by atoms with E-state index >= 15 is 0 Å². The Balaban J connectivity index is 0.00000121. The summed E-state index contributed by atoms with van der Waals surface area (Å²) >= 11 is 0. The maximum Gasteiger partial charge on any atom is 0.104 e. The molecule has 0 unspecified atom stereocenters. The quantitative estimate of drug-likeness (QED) is 0.514. The highest BCUT2D eigenvalue weighted by molar-refractivity contribution is 5.13. The highest BCUT2D eigenvalue weighted by atomic mass is 35.5. The van der Waals surface area contributed by atoms with Crippen molar-refractivity contribution in [3.63, 3.8) is 0 Å². The van der Waals surface area contributed by atoms with Gasteiger partial charge in [0.1, 0.15) is 6.54 Å². The summed E-state index contributed by atoms with van der Waals surface area (Å²) in [4.78, 5) is 0. The normalized spacial score (nSPS) is 10.6. The second kappa shape index (κ2) is 4.48. The molecule has 0 N–H and O–H groups in total. The molecule has 0 bridgehead atoms. The summed E-state index contributed by atoms with van der Waals surface area (Å²) in [5.41, 5.74) is 1.40. The Hall–Kier alpha value is -0.530. The van der Waals surface area contributed by atoms with Crippen LogP contribution in [0.15, 0.2) is 30.3 Å². The minimum atomic E-state index is 0. The first kappa shape index (κ1) is 11.5. The Morgan fingerprint density at radius 3 is 1.92 bits per heavy atom. The highest BCUT2D eigenvalue weighted by Crippen LogP contribution is 2.04. The molecule has 0 spiro atoms. The van der Waals surface area contributed by atoms with Gasteiger partial charge in [-0.2, -0.15) is 0 Å². The monoisotopic (exact) mass is 185 g/mol. The lowest BCUT2D eigenvalue weighted by molar-refractivity contribution is -0.884. The van der Waals surface area contributed by atoms with Gasteiger partial charge in [-0.25, -0.2) is 0 Å². The molecule has 1 nitrogen and oxygen atoms in total. The van der Waals surface area contributed by atoms with Crippen LogP contribution in [0.5, 0.6) is 0 Å². The van der Waals surface area contributed by atoms with Crippen molar-refractivity contribution in [1.29, 1.82) is 0 Å². The standard InChI is InChI=1S/C10H16N.ClH/c1-11(2,3)9-10-7-5-4-6-8-10;/h4-8H,9H2,1-3H3;1H/q+1;/p-1. The predicted molar refractivity (Wildman–Crippen MR) is 48.2 cm³/mol. The van der Waals surface area contributed by atoms with Gasteiger partial charge in [0.15, 0.2) is 0 Å². The molecular formula is C10H16ClN. The molecule has 0 saturated carbocycles. The van der Waals surface area contributed by atoms with Crippen LogP contribution >= 0.6 is 0 Å². The van der Waals surface area contributed by atoms with Crippen LogP contribution in [0.2, 0.25) is 0 Å². The predicted octanol–water partition coefficient (Wildman–Crippen LogP) is -1.10. The Kier molecular flexibility index (Phi) is 4.29. The maximum atomic E-state index is 2.20. The average molecular weight is 186 g/mol. The summed E-state index contributed by atoms with van der Waals surface area (Å²) in [7, 11) is 6.60. The summed E-state index contributed by atoms with van der Waals surface area (Å²) < 4.78 is 0.990. The smallest absolute Gasteiger partial charge is 0.104 e. The maximum absolute atomic E-state index is 2.20. The molecule has 0 radical (unpaired) electrons. The summed E-state index contributed by atoms with van der Waals surface area (Å²) in [5.74, 6) is 0. The van der Waals surface area contributed by atoms with Crippen LogP contribution in [0.3, 0.4) is 0 Å². The fourth-order valence-corrected chi connectivity index (χ4v) is 1.13. The van der Waals surface area contributed by atoms with Gasteiger partial charge in [0, 0.05) is 5.56 Å². The molecule has 0 aromatic heterocycles. The van der Waals surface area contributed by atoms with Gasteiger partial charge >= 0.3 is 0 Å². The van der Waals surface area contributed by atoms with Crippen LogP contribution in [0.25, 0.3) is 0 Å².